The van der Waals surface area contributed by atoms with Crippen LogP contribution in [0, 0.1) is 0 Å². The number of hydrogen-bond donors (Lipinski definition) is 0. The predicted octanol–water partition coefficient (Wildman–Crippen LogP) is 3.50. The Labute approximate surface area is 173 Å². The molecule has 2 aliphatic heterocycles. The summed E-state index contributed by atoms with van der Waals surface area (Å²) in [6.07, 6.45) is 0. The van der Waals surface area contributed by atoms with Crippen molar-refractivity contribution in [2.75, 3.05) is 33.0 Å². The van der Waals surface area contributed by atoms with Gasteiger partial charge in [0.1, 0.15) is 4.88 Å². The second-order valence-electron chi connectivity index (χ2n) is 7.15. The summed E-state index contributed by atoms with van der Waals surface area (Å²) in [6.45, 7) is 4.26. The molecule has 0 unspecified atom stereocenters. The van der Waals surface area contributed by atoms with Gasteiger partial charge in [-0.1, -0.05) is 36.4 Å². The van der Waals surface area contributed by atoms with Crippen LogP contribution in [0.2, 0.25) is 0 Å². The van der Waals surface area contributed by atoms with Crippen molar-refractivity contribution in [2.24, 2.45) is 0 Å². The second-order valence-corrected chi connectivity index (χ2v) is 8.01. The summed E-state index contributed by atoms with van der Waals surface area (Å²) in [7, 11) is 0. The molecule has 6 nitrogen and oxygen atoms in total. The maximum Gasteiger partial charge on any atom is 0.266 e. The molecule has 1 saturated heterocycles. The molecular weight excluding hydrogens is 386 g/mol. The van der Waals surface area contributed by atoms with Crippen molar-refractivity contribution < 1.29 is 14.3 Å². The molecule has 0 radical (unpaired) electrons. The van der Waals surface area contributed by atoms with E-state index in [1.165, 1.54) is 16.9 Å². The topological polar surface area (TPSA) is 54.9 Å². The standard InChI is InChI=1S/C22H21N3O3S/c26-22(21-20(23-14-29-21)17-4-2-1-3-5-17)25-10-8-24(9-11-25)13-16-6-7-18-19(12-16)28-15-27-18/h1-7,12,14H,8-11,13,15H2. The van der Waals surface area contributed by atoms with E-state index in [4.69, 9.17) is 9.47 Å². The molecule has 1 aromatic heterocycles. The van der Waals surface area contributed by atoms with Crippen LogP contribution in [0.15, 0.2) is 54.0 Å². The van der Waals surface area contributed by atoms with Gasteiger partial charge in [0.15, 0.2) is 11.5 Å². The average molecular weight is 407 g/mol. The molecular formula is C22H21N3O3S. The van der Waals surface area contributed by atoms with Gasteiger partial charge in [0.25, 0.3) is 5.91 Å². The van der Waals surface area contributed by atoms with Gasteiger partial charge in [0, 0.05) is 38.3 Å². The smallest absolute Gasteiger partial charge is 0.266 e. The van der Waals surface area contributed by atoms with Gasteiger partial charge in [-0.2, -0.15) is 0 Å². The minimum atomic E-state index is 0.0779. The highest BCUT2D eigenvalue weighted by molar-refractivity contribution is 7.12. The minimum Gasteiger partial charge on any atom is -0.454 e. The van der Waals surface area contributed by atoms with Gasteiger partial charge < -0.3 is 14.4 Å². The zero-order valence-corrected chi connectivity index (χ0v) is 16.7. The maximum atomic E-state index is 13.1. The number of carbonyl (C=O) groups is 1. The molecule has 0 saturated carbocycles. The van der Waals surface area contributed by atoms with Crippen LogP contribution in [0.3, 0.4) is 0 Å². The van der Waals surface area contributed by atoms with Gasteiger partial charge in [-0.05, 0) is 17.7 Å². The van der Waals surface area contributed by atoms with E-state index in [1.807, 2.05) is 47.4 Å². The summed E-state index contributed by atoms with van der Waals surface area (Å²) in [6, 6.07) is 16.0. The Balaban J connectivity index is 1.22. The molecule has 1 fully saturated rings. The summed E-state index contributed by atoms with van der Waals surface area (Å²) in [5.74, 6) is 1.70. The first-order valence-electron chi connectivity index (χ1n) is 9.67. The number of rotatable bonds is 4. The van der Waals surface area contributed by atoms with E-state index in [9.17, 15) is 4.79 Å². The Kier molecular flexibility index (Phi) is 4.91. The van der Waals surface area contributed by atoms with Crippen LogP contribution in [0.25, 0.3) is 11.3 Å². The van der Waals surface area contributed by atoms with Gasteiger partial charge in [0.05, 0.1) is 11.2 Å². The fourth-order valence-electron chi connectivity index (χ4n) is 3.75. The highest BCUT2D eigenvalue weighted by atomic mass is 32.1. The van der Waals surface area contributed by atoms with Crippen molar-refractivity contribution >= 4 is 17.2 Å². The van der Waals surface area contributed by atoms with Gasteiger partial charge in [0.2, 0.25) is 6.79 Å². The molecule has 0 N–H and O–H groups in total. The molecule has 0 atom stereocenters. The molecule has 3 heterocycles. The van der Waals surface area contributed by atoms with E-state index in [1.54, 1.807) is 5.51 Å². The van der Waals surface area contributed by atoms with Crippen molar-refractivity contribution in [3.8, 4) is 22.8 Å². The highest BCUT2D eigenvalue weighted by Gasteiger charge is 2.26. The van der Waals surface area contributed by atoms with E-state index >= 15 is 0 Å². The molecule has 0 aliphatic carbocycles. The zero-order valence-electron chi connectivity index (χ0n) is 15.9. The largest absolute Gasteiger partial charge is 0.454 e. The number of ether oxygens (including phenoxy) is 2. The number of hydrogen-bond acceptors (Lipinski definition) is 6. The third kappa shape index (κ3) is 3.71. The number of aromatic nitrogens is 1. The monoisotopic (exact) mass is 407 g/mol. The van der Waals surface area contributed by atoms with E-state index in [0.717, 1.165) is 60.4 Å². The molecule has 2 aliphatic rings. The quantitative estimate of drug-likeness (QED) is 0.663. The summed E-state index contributed by atoms with van der Waals surface area (Å²) in [4.78, 5) is 22.6. The van der Waals surface area contributed by atoms with Crippen LogP contribution in [-0.4, -0.2) is 53.7 Å². The third-order valence-corrected chi connectivity index (χ3v) is 6.13. The molecule has 2 aromatic carbocycles. The Hall–Kier alpha value is -2.90. The minimum absolute atomic E-state index is 0.0779. The van der Waals surface area contributed by atoms with Crippen LogP contribution in [0.4, 0.5) is 0 Å². The van der Waals surface area contributed by atoms with E-state index in [0.29, 0.717) is 6.79 Å². The number of thiazole rings is 1. The molecule has 148 valence electrons. The lowest BCUT2D eigenvalue weighted by molar-refractivity contribution is 0.0633. The fraction of sp³-hybridized carbons (Fsp3) is 0.273. The normalized spacial score (nSPS) is 16.2. The predicted molar refractivity (Wildman–Crippen MR) is 111 cm³/mol. The number of nitrogens with zero attached hydrogens (tertiary/aromatic N) is 3. The summed E-state index contributed by atoms with van der Waals surface area (Å²) in [5, 5.41) is 0. The van der Waals surface area contributed by atoms with E-state index in [-0.39, 0.29) is 5.91 Å². The first-order valence-corrected chi connectivity index (χ1v) is 10.5. The van der Waals surface area contributed by atoms with E-state index < -0.39 is 0 Å². The third-order valence-electron chi connectivity index (χ3n) is 5.31. The lowest BCUT2D eigenvalue weighted by Crippen LogP contribution is -2.48. The average Bonchev–Trinajstić information content (AvgIpc) is 3.44. The van der Waals surface area contributed by atoms with Crippen molar-refractivity contribution in [1.29, 1.82) is 0 Å². The van der Waals surface area contributed by atoms with Gasteiger partial charge >= 0.3 is 0 Å². The molecule has 3 aromatic rings. The highest BCUT2D eigenvalue weighted by Crippen LogP contribution is 2.33. The second kappa shape index (κ2) is 7.85. The molecule has 7 heteroatoms. The Morgan fingerprint density at radius 2 is 1.79 bits per heavy atom. The number of amides is 1. The molecule has 5 rings (SSSR count). The molecule has 0 bridgehead atoms. The van der Waals surface area contributed by atoms with Crippen molar-refractivity contribution in [1.82, 2.24) is 14.8 Å². The Morgan fingerprint density at radius 3 is 2.62 bits per heavy atom. The van der Waals surface area contributed by atoms with Gasteiger partial charge in [-0.3, -0.25) is 9.69 Å². The number of carbonyl (C=O) groups excluding carboxylic acids is 1. The SMILES string of the molecule is O=C(c1scnc1-c1ccccc1)N1CCN(Cc2ccc3c(c2)OCO3)CC1. The first kappa shape index (κ1) is 18.1. The van der Waals surface area contributed by atoms with Crippen LogP contribution >= 0.6 is 11.3 Å². The zero-order chi connectivity index (χ0) is 19.6. The summed E-state index contributed by atoms with van der Waals surface area (Å²) in [5.41, 5.74) is 4.72. The Morgan fingerprint density at radius 1 is 1.00 bits per heavy atom. The van der Waals surface area contributed by atoms with Crippen LogP contribution in [-0.2, 0) is 6.54 Å². The fourth-order valence-corrected chi connectivity index (χ4v) is 4.53. The number of benzene rings is 2. The molecule has 0 spiro atoms. The molecule has 1 amide bonds. The van der Waals surface area contributed by atoms with Crippen molar-refractivity contribution in [2.45, 2.75) is 6.54 Å². The number of piperazine rings is 1. The molecule has 29 heavy (non-hydrogen) atoms. The van der Waals surface area contributed by atoms with Crippen LogP contribution in [0.5, 0.6) is 11.5 Å². The van der Waals surface area contributed by atoms with Crippen LogP contribution < -0.4 is 9.47 Å². The van der Waals surface area contributed by atoms with E-state index in [2.05, 4.69) is 16.0 Å². The van der Waals surface area contributed by atoms with Gasteiger partial charge in [-0.25, -0.2) is 4.98 Å². The van der Waals surface area contributed by atoms with Crippen LogP contribution in [0.1, 0.15) is 15.2 Å². The Bertz CT molecular complexity index is 1010. The van der Waals surface area contributed by atoms with Gasteiger partial charge in [-0.15, -0.1) is 11.3 Å². The lowest BCUT2D eigenvalue weighted by Gasteiger charge is -2.34. The summed E-state index contributed by atoms with van der Waals surface area (Å²) < 4.78 is 10.8. The maximum absolute atomic E-state index is 13.1. The van der Waals surface area contributed by atoms with Crippen molar-refractivity contribution in [3.63, 3.8) is 0 Å². The van der Waals surface area contributed by atoms with Crippen molar-refractivity contribution in [3.05, 3.63) is 64.5 Å². The first-order chi connectivity index (χ1) is 14.3. The number of fused-ring (bicyclic) bond motifs is 1. The summed E-state index contributed by atoms with van der Waals surface area (Å²) >= 11 is 1.42. The lowest BCUT2D eigenvalue weighted by atomic mass is 10.1.